The van der Waals surface area contributed by atoms with Gasteiger partial charge in [0.1, 0.15) is 0 Å². The summed E-state index contributed by atoms with van der Waals surface area (Å²) >= 11 is 3.60. The van der Waals surface area contributed by atoms with Gasteiger partial charge in [-0.25, -0.2) is 0 Å². The van der Waals surface area contributed by atoms with Crippen LogP contribution in [-0.4, -0.2) is 23.1 Å². The minimum absolute atomic E-state index is 0.220. The smallest absolute Gasteiger partial charge is 0.400 e. The Morgan fingerprint density at radius 1 is 1.19 bits per heavy atom. The molecular formula is C12H22BBrO2. The maximum atomic E-state index is 5.86. The van der Waals surface area contributed by atoms with Crippen LogP contribution in [0.25, 0.3) is 0 Å². The molecule has 2 nitrogen and oxygen atoms in total. The summed E-state index contributed by atoms with van der Waals surface area (Å²) in [5.41, 5.74) is -0.483. The molecule has 1 fully saturated rings. The predicted molar refractivity (Wildman–Crippen MR) is 72.8 cm³/mol. The zero-order chi connectivity index (χ0) is 12.4. The van der Waals surface area contributed by atoms with Crippen molar-refractivity contribution in [3.63, 3.8) is 0 Å². The van der Waals surface area contributed by atoms with Crippen molar-refractivity contribution >= 4 is 23.0 Å². The third-order valence-corrected chi connectivity index (χ3v) is 4.08. The van der Waals surface area contributed by atoms with Gasteiger partial charge in [0.25, 0.3) is 0 Å². The molecule has 1 rings (SSSR count). The normalized spacial score (nSPS) is 25.2. The second-order valence-corrected chi connectivity index (χ2v) is 6.49. The predicted octanol–water partition coefficient (Wildman–Crippen LogP) is 3.74. The van der Waals surface area contributed by atoms with Crippen molar-refractivity contribution in [1.29, 1.82) is 0 Å². The molecule has 1 unspecified atom stereocenters. The molecule has 0 saturated carbocycles. The van der Waals surface area contributed by atoms with Gasteiger partial charge in [-0.2, -0.15) is 0 Å². The molecule has 0 aromatic rings. The Morgan fingerprint density at radius 3 is 2.12 bits per heavy atom. The third-order valence-electron chi connectivity index (χ3n) is 3.31. The Balaban J connectivity index is 2.54. The molecule has 1 aliphatic heterocycles. The van der Waals surface area contributed by atoms with Gasteiger partial charge in [0.05, 0.1) is 11.2 Å². The molecule has 4 heteroatoms. The van der Waals surface area contributed by atoms with E-state index in [1.165, 1.54) is 6.42 Å². The summed E-state index contributed by atoms with van der Waals surface area (Å²) in [5.74, 6) is 2.01. The molecule has 0 radical (unpaired) electrons. The zero-order valence-electron chi connectivity index (χ0n) is 10.9. The highest BCUT2D eigenvalue weighted by atomic mass is 79.9. The molecule has 92 valence electrons. The third kappa shape index (κ3) is 3.35. The highest BCUT2D eigenvalue weighted by molar-refractivity contribution is 9.09. The molecule has 0 amide bonds. The highest BCUT2D eigenvalue weighted by Crippen LogP contribution is 2.36. The van der Waals surface area contributed by atoms with Gasteiger partial charge in [0.15, 0.2) is 0 Å². The second kappa shape index (κ2) is 5.24. The first kappa shape index (κ1) is 14.3. The van der Waals surface area contributed by atoms with E-state index in [-0.39, 0.29) is 18.3 Å². The molecule has 16 heavy (non-hydrogen) atoms. The van der Waals surface area contributed by atoms with Crippen LogP contribution in [-0.2, 0) is 9.31 Å². The van der Waals surface area contributed by atoms with Crippen LogP contribution in [0.2, 0.25) is 0 Å². The summed E-state index contributed by atoms with van der Waals surface area (Å²) in [7, 11) is -0.220. The number of halogens is 1. The van der Waals surface area contributed by atoms with Crippen molar-refractivity contribution in [3.8, 4) is 0 Å². The lowest BCUT2D eigenvalue weighted by molar-refractivity contribution is 0.00578. The van der Waals surface area contributed by atoms with Gasteiger partial charge in [0.2, 0.25) is 0 Å². The van der Waals surface area contributed by atoms with E-state index in [4.69, 9.17) is 9.31 Å². The van der Waals surface area contributed by atoms with Crippen molar-refractivity contribution < 1.29 is 9.31 Å². The van der Waals surface area contributed by atoms with Crippen LogP contribution in [0.5, 0.6) is 0 Å². The molecule has 1 heterocycles. The Labute approximate surface area is 108 Å². The van der Waals surface area contributed by atoms with Crippen LogP contribution in [0, 0.1) is 0 Å². The van der Waals surface area contributed by atoms with Gasteiger partial charge >= 0.3 is 7.12 Å². The van der Waals surface area contributed by atoms with Crippen molar-refractivity contribution in [2.75, 3.05) is 0 Å². The monoisotopic (exact) mass is 288 g/mol. The standard InChI is InChI=1S/C12H22BBrO2/c1-6-7-10(14)8-9-13-15-11(2,3)12(4,5)16-13/h8-10H,6-7H2,1-5H3/b9-8+. The minimum atomic E-state index is -0.241. The van der Waals surface area contributed by atoms with Crippen LogP contribution >= 0.6 is 15.9 Å². The van der Waals surface area contributed by atoms with Gasteiger partial charge in [-0.05, 0) is 34.1 Å². The van der Waals surface area contributed by atoms with Gasteiger partial charge in [-0.15, -0.1) is 0 Å². The van der Waals surface area contributed by atoms with E-state index in [9.17, 15) is 0 Å². The van der Waals surface area contributed by atoms with Crippen molar-refractivity contribution in [1.82, 2.24) is 0 Å². The van der Waals surface area contributed by atoms with Gasteiger partial charge in [-0.1, -0.05) is 41.3 Å². The van der Waals surface area contributed by atoms with Gasteiger partial charge < -0.3 is 9.31 Å². The molecule has 0 N–H and O–H groups in total. The number of hydrogen-bond acceptors (Lipinski definition) is 2. The topological polar surface area (TPSA) is 18.5 Å². The van der Waals surface area contributed by atoms with Crippen LogP contribution in [0.15, 0.2) is 12.1 Å². The molecule has 1 aliphatic rings. The molecule has 1 saturated heterocycles. The van der Waals surface area contributed by atoms with E-state index < -0.39 is 0 Å². The van der Waals surface area contributed by atoms with E-state index in [1.807, 2.05) is 5.98 Å². The van der Waals surface area contributed by atoms with Gasteiger partial charge in [-0.3, -0.25) is 0 Å². The molecule has 0 aromatic heterocycles. The first-order valence-electron chi connectivity index (χ1n) is 5.96. The highest BCUT2D eigenvalue weighted by Gasteiger charge is 2.49. The van der Waals surface area contributed by atoms with E-state index in [2.05, 4.69) is 56.6 Å². The number of allylic oxidation sites excluding steroid dienone is 1. The van der Waals surface area contributed by atoms with Crippen molar-refractivity contribution in [2.45, 2.75) is 63.5 Å². The summed E-state index contributed by atoms with van der Waals surface area (Å²) < 4.78 is 11.7. The Kier molecular flexibility index (Phi) is 4.67. The fourth-order valence-electron chi connectivity index (χ4n) is 1.55. The molecule has 0 bridgehead atoms. The largest absolute Gasteiger partial charge is 0.486 e. The lowest BCUT2D eigenvalue weighted by Gasteiger charge is -2.32. The number of rotatable bonds is 4. The molecule has 1 atom stereocenters. The first-order valence-corrected chi connectivity index (χ1v) is 6.88. The lowest BCUT2D eigenvalue weighted by atomic mass is 9.89. The summed E-state index contributed by atoms with van der Waals surface area (Å²) in [4.78, 5) is 0.413. The molecule has 0 spiro atoms. The fraction of sp³-hybridized carbons (Fsp3) is 0.833. The van der Waals surface area contributed by atoms with Crippen LogP contribution in [0.4, 0.5) is 0 Å². The average Bonchev–Trinajstić information content (AvgIpc) is 2.33. The maximum absolute atomic E-state index is 5.86. The molecule has 0 aliphatic carbocycles. The summed E-state index contributed by atoms with van der Waals surface area (Å²) in [5, 5.41) is 0. The van der Waals surface area contributed by atoms with Crippen LogP contribution < -0.4 is 0 Å². The Hall–Kier alpha value is 0.205. The first-order chi connectivity index (χ1) is 7.28. The number of alkyl halides is 1. The zero-order valence-corrected chi connectivity index (χ0v) is 12.5. The number of hydrogen-bond donors (Lipinski definition) is 0. The summed E-state index contributed by atoms with van der Waals surface area (Å²) in [6.07, 6.45) is 4.42. The van der Waals surface area contributed by atoms with Crippen molar-refractivity contribution in [2.24, 2.45) is 0 Å². The van der Waals surface area contributed by atoms with E-state index in [1.54, 1.807) is 0 Å². The van der Waals surface area contributed by atoms with E-state index in [0.29, 0.717) is 4.83 Å². The average molecular weight is 289 g/mol. The summed E-state index contributed by atoms with van der Waals surface area (Å²) in [6.45, 7) is 10.4. The SMILES string of the molecule is CCCC(Br)/C=C/B1OC(C)(C)C(C)(C)O1. The van der Waals surface area contributed by atoms with Crippen LogP contribution in [0.1, 0.15) is 47.5 Å². The molecular weight excluding hydrogens is 267 g/mol. The minimum Gasteiger partial charge on any atom is -0.400 e. The van der Waals surface area contributed by atoms with Crippen LogP contribution in [0.3, 0.4) is 0 Å². The van der Waals surface area contributed by atoms with Gasteiger partial charge in [0, 0.05) is 4.83 Å². The van der Waals surface area contributed by atoms with E-state index >= 15 is 0 Å². The van der Waals surface area contributed by atoms with E-state index in [0.717, 1.165) is 6.42 Å². The Morgan fingerprint density at radius 2 is 1.69 bits per heavy atom. The summed E-state index contributed by atoms with van der Waals surface area (Å²) in [6, 6.07) is 0. The molecule has 0 aromatic carbocycles. The second-order valence-electron chi connectivity index (χ2n) is 5.31. The Bertz CT molecular complexity index is 248. The maximum Gasteiger partial charge on any atom is 0.486 e. The van der Waals surface area contributed by atoms with Crippen molar-refractivity contribution in [3.05, 3.63) is 12.1 Å². The lowest BCUT2D eigenvalue weighted by Crippen LogP contribution is -2.41. The fourth-order valence-corrected chi connectivity index (χ4v) is 2.18. The quantitative estimate of drug-likeness (QED) is 0.580.